The number of carbonyl (C=O) groups excluding carboxylic acids is 1. The van der Waals surface area contributed by atoms with Gasteiger partial charge in [0.1, 0.15) is 5.69 Å². The van der Waals surface area contributed by atoms with Gasteiger partial charge in [0.15, 0.2) is 0 Å². The summed E-state index contributed by atoms with van der Waals surface area (Å²) in [5.74, 6) is -1.38. The molecule has 2 rings (SSSR count). The smallest absolute Gasteiger partial charge is 0.293 e. The minimum absolute atomic E-state index is 0.110. The molecule has 1 aliphatic heterocycles. The van der Waals surface area contributed by atoms with Crippen molar-refractivity contribution >= 4 is 17.3 Å². The maximum atomic E-state index is 11.0. The third kappa shape index (κ3) is 2.06. The largest absolute Gasteiger partial charge is 0.545 e. The molecule has 1 aliphatic rings. The van der Waals surface area contributed by atoms with Crippen molar-refractivity contribution in [2.75, 3.05) is 18.0 Å². The molecule has 1 saturated heterocycles. The standard InChI is InChI=1S/C11H12N2O4/c14-11(15)8-4-3-5-9(13(16)17)10(8)12-6-1-2-7-12/h3-5H,1-2,6-7H2,(H,14,15)/p-1. The Morgan fingerprint density at radius 2 is 1.94 bits per heavy atom. The predicted octanol–water partition coefficient (Wildman–Crippen LogP) is 0.558. The van der Waals surface area contributed by atoms with Gasteiger partial charge in [0.2, 0.25) is 0 Å². The summed E-state index contributed by atoms with van der Waals surface area (Å²) in [6.07, 6.45) is 1.83. The van der Waals surface area contributed by atoms with Crippen LogP contribution in [0.3, 0.4) is 0 Å². The second-order valence-corrected chi connectivity index (χ2v) is 3.91. The van der Waals surface area contributed by atoms with Gasteiger partial charge in [-0.25, -0.2) is 0 Å². The van der Waals surface area contributed by atoms with Crippen molar-refractivity contribution in [3.63, 3.8) is 0 Å². The van der Waals surface area contributed by atoms with Crippen LogP contribution < -0.4 is 10.0 Å². The summed E-state index contributed by atoms with van der Waals surface area (Å²) in [7, 11) is 0. The van der Waals surface area contributed by atoms with Gasteiger partial charge in [0.25, 0.3) is 5.69 Å². The highest BCUT2D eigenvalue weighted by molar-refractivity contribution is 5.96. The number of carbonyl (C=O) groups is 1. The second kappa shape index (κ2) is 4.40. The number of benzene rings is 1. The summed E-state index contributed by atoms with van der Waals surface area (Å²) in [6.45, 7) is 1.29. The average molecular weight is 235 g/mol. The van der Waals surface area contributed by atoms with Gasteiger partial charge in [0, 0.05) is 24.7 Å². The summed E-state index contributed by atoms with van der Waals surface area (Å²) >= 11 is 0. The quantitative estimate of drug-likeness (QED) is 0.564. The Kier molecular flexibility index (Phi) is 2.95. The molecule has 0 unspecified atom stereocenters. The summed E-state index contributed by atoms with van der Waals surface area (Å²) in [4.78, 5) is 23.1. The molecule has 1 aromatic rings. The molecule has 6 heteroatoms. The van der Waals surface area contributed by atoms with Crippen molar-refractivity contribution in [1.82, 2.24) is 0 Å². The lowest BCUT2D eigenvalue weighted by atomic mass is 10.1. The fourth-order valence-corrected chi connectivity index (χ4v) is 2.12. The normalized spacial score (nSPS) is 14.9. The number of aromatic carboxylic acids is 1. The van der Waals surface area contributed by atoms with Gasteiger partial charge in [-0.1, -0.05) is 12.1 Å². The van der Waals surface area contributed by atoms with Crippen LogP contribution in [-0.2, 0) is 0 Å². The zero-order valence-electron chi connectivity index (χ0n) is 9.09. The van der Waals surface area contributed by atoms with Crippen molar-refractivity contribution in [3.05, 3.63) is 33.9 Å². The predicted molar refractivity (Wildman–Crippen MR) is 58.9 cm³/mol. The van der Waals surface area contributed by atoms with Gasteiger partial charge < -0.3 is 14.8 Å². The van der Waals surface area contributed by atoms with E-state index in [0.717, 1.165) is 12.8 Å². The number of anilines is 1. The molecule has 0 atom stereocenters. The average Bonchev–Trinajstić information content (AvgIpc) is 2.80. The van der Waals surface area contributed by atoms with E-state index in [-0.39, 0.29) is 16.9 Å². The van der Waals surface area contributed by atoms with Crippen molar-refractivity contribution in [1.29, 1.82) is 0 Å². The third-order valence-corrected chi connectivity index (χ3v) is 2.85. The monoisotopic (exact) mass is 235 g/mol. The van der Waals surface area contributed by atoms with E-state index >= 15 is 0 Å². The number of carboxylic acid groups (broad SMARTS) is 1. The van der Waals surface area contributed by atoms with Crippen LogP contribution in [0.4, 0.5) is 11.4 Å². The van der Waals surface area contributed by atoms with Crippen LogP contribution >= 0.6 is 0 Å². The highest BCUT2D eigenvalue weighted by Crippen LogP contribution is 2.33. The van der Waals surface area contributed by atoms with E-state index in [2.05, 4.69) is 0 Å². The number of nitro groups is 1. The summed E-state index contributed by atoms with van der Waals surface area (Å²) in [6, 6.07) is 4.03. The Labute approximate surface area is 97.6 Å². The van der Waals surface area contributed by atoms with E-state index in [1.54, 1.807) is 4.90 Å². The SMILES string of the molecule is O=C([O-])c1cccc([N+](=O)[O-])c1N1CCCC1. The molecule has 17 heavy (non-hydrogen) atoms. The Morgan fingerprint density at radius 1 is 1.29 bits per heavy atom. The first-order chi connectivity index (χ1) is 8.11. The summed E-state index contributed by atoms with van der Waals surface area (Å²) in [5, 5.41) is 21.9. The topological polar surface area (TPSA) is 86.5 Å². The van der Waals surface area contributed by atoms with Gasteiger partial charge in [-0.15, -0.1) is 0 Å². The van der Waals surface area contributed by atoms with Crippen molar-refractivity contribution in [2.45, 2.75) is 12.8 Å². The molecule has 0 radical (unpaired) electrons. The first-order valence-electron chi connectivity index (χ1n) is 5.35. The van der Waals surface area contributed by atoms with E-state index in [1.807, 2.05) is 0 Å². The molecule has 0 spiro atoms. The second-order valence-electron chi connectivity index (χ2n) is 3.91. The highest BCUT2D eigenvalue weighted by Gasteiger charge is 2.25. The highest BCUT2D eigenvalue weighted by atomic mass is 16.6. The zero-order chi connectivity index (χ0) is 12.4. The number of rotatable bonds is 3. The van der Waals surface area contributed by atoms with Crippen LogP contribution in [0, 0.1) is 10.1 Å². The Balaban J connectivity index is 2.57. The van der Waals surface area contributed by atoms with Crippen molar-refractivity contribution < 1.29 is 14.8 Å². The Hall–Kier alpha value is -2.11. The number of carboxylic acids is 1. The van der Waals surface area contributed by atoms with Gasteiger partial charge >= 0.3 is 0 Å². The first kappa shape index (κ1) is 11.4. The molecule has 1 heterocycles. The fourth-order valence-electron chi connectivity index (χ4n) is 2.12. The Bertz CT molecular complexity index is 434. The zero-order valence-corrected chi connectivity index (χ0v) is 9.09. The van der Waals surface area contributed by atoms with Gasteiger partial charge in [-0.05, 0) is 12.8 Å². The molecular weight excluding hydrogens is 224 g/mol. The molecule has 1 fully saturated rings. The lowest BCUT2D eigenvalue weighted by molar-refractivity contribution is -0.384. The molecule has 0 aromatic heterocycles. The minimum Gasteiger partial charge on any atom is -0.545 e. The van der Waals surface area contributed by atoms with E-state index in [9.17, 15) is 20.0 Å². The van der Waals surface area contributed by atoms with Crippen molar-refractivity contribution in [3.8, 4) is 0 Å². The van der Waals surface area contributed by atoms with E-state index in [4.69, 9.17) is 0 Å². The van der Waals surface area contributed by atoms with E-state index in [0.29, 0.717) is 13.1 Å². The Morgan fingerprint density at radius 3 is 2.47 bits per heavy atom. The molecule has 90 valence electrons. The summed E-state index contributed by atoms with van der Waals surface area (Å²) in [5.41, 5.74) is -0.107. The molecule has 6 nitrogen and oxygen atoms in total. The van der Waals surface area contributed by atoms with E-state index < -0.39 is 10.9 Å². The van der Waals surface area contributed by atoms with Crippen LogP contribution in [0.25, 0.3) is 0 Å². The van der Waals surface area contributed by atoms with Crippen LogP contribution in [-0.4, -0.2) is 24.0 Å². The first-order valence-corrected chi connectivity index (χ1v) is 5.35. The summed E-state index contributed by atoms with van der Waals surface area (Å²) < 4.78 is 0. The van der Waals surface area contributed by atoms with E-state index in [1.165, 1.54) is 18.2 Å². The van der Waals surface area contributed by atoms with Gasteiger partial charge in [-0.2, -0.15) is 0 Å². The number of para-hydroxylation sites is 1. The van der Waals surface area contributed by atoms with Crippen LogP contribution in [0.5, 0.6) is 0 Å². The molecule has 0 saturated carbocycles. The molecule has 0 amide bonds. The maximum Gasteiger partial charge on any atom is 0.293 e. The van der Waals surface area contributed by atoms with Gasteiger partial charge in [-0.3, -0.25) is 10.1 Å². The third-order valence-electron chi connectivity index (χ3n) is 2.85. The molecule has 0 bridgehead atoms. The maximum absolute atomic E-state index is 11.0. The molecule has 0 N–H and O–H groups in total. The number of hydrogen-bond acceptors (Lipinski definition) is 5. The van der Waals surface area contributed by atoms with Crippen LogP contribution in [0.15, 0.2) is 18.2 Å². The minimum atomic E-state index is -1.38. The molecule has 0 aliphatic carbocycles. The van der Waals surface area contributed by atoms with Crippen LogP contribution in [0.1, 0.15) is 23.2 Å². The van der Waals surface area contributed by atoms with Gasteiger partial charge in [0.05, 0.1) is 10.9 Å². The van der Waals surface area contributed by atoms with Crippen molar-refractivity contribution in [2.24, 2.45) is 0 Å². The molecular formula is C11H11N2O4-. The number of nitrogens with zero attached hydrogens (tertiary/aromatic N) is 2. The fraction of sp³-hybridized carbons (Fsp3) is 0.364. The van der Waals surface area contributed by atoms with Crippen LogP contribution in [0.2, 0.25) is 0 Å². The lowest BCUT2D eigenvalue weighted by Crippen LogP contribution is -2.28. The number of hydrogen-bond donors (Lipinski definition) is 0. The molecule has 1 aromatic carbocycles. The lowest BCUT2D eigenvalue weighted by Gasteiger charge is -2.21. The number of nitro benzene ring substituents is 1.